The van der Waals surface area contributed by atoms with Crippen LogP contribution in [0.25, 0.3) is 10.2 Å². The van der Waals surface area contributed by atoms with E-state index in [2.05, 4.69) is 4.98 Å². The molecule has 84 valence electrons. The van der Waals surface area contributed by atoms with E-state index in [0.29, 0.717) is 5.13 Å². The lowest BCUT2D eigenvalue weighted by Gasteiger charge is -1.89. The number of aryl methyl sites for hydroxylation is 1. The normalized spacial score (nSPS) is 8.60. The van der Waals surface area contributed by atoms with Crippen LogP contribution in [0.1, 0.15) is 33.3 Å². The minimum absolute atomic E-state index is 0.648. The van der Waals surface area contributed by atoms with Crippen molar-refractivity contribution in [2.75, 3.05) is 5.73 Å². The van der Waals surface area contributed by atoms with E-state index in [9.17, 15) is 0 Å². The summed E-state index contributed by atoms with van der Waals surface area (Å²) in [5.74, 6) is 0. The monoisotopic (exact) mass is 224 g/mol. The Morgan fingerprint density at radius 2 is 1.73 bits per heavy atom. The maximum absolute atomic E-state index is 5.57. The molecular weight excluding hydrogens is 204 g/mol. The van der Waals surface area contributed by atoms with Crippen molar-refractivity contribution < 1.29 is 0 Å². The van der Waals surface area contributed by atoms with Gasteiger partial charge in [0.15, 0.2) is 5.13 Å². The second kappa shape index (κ2) is 7.23. The summed E-state index contributed by atoms with van der Waals surface area (Å²) in [5, 5.41) is 0.648. The van der Waals surface area contributed by atoms with Crippen molar-refractivity contribution in [1.82, 2.24) is 4.98 Å². The summed E-state index contributed by atoms with van der Waals surface area (Å²) < 4.78 is 1.17. The Balaban J connectivity index is 0.000000442. The standard InChI is InChI=1S/C8H8N2S.2C2H6/c1-5-3-2-4-6-7(5)10-8(9)11-6;2*1-2/h2-4H,1H3,(H2,9,10);2*1-2H3. The molecule has 0 atom stereocenters. The van der Waals surface area contributed by atoms with Gasteiger partial charge in [-0.3, -0.25) is 0 Å². The second-order valence-electron chi connectivity index (χ2n) is 2.47. The Morgan fingerprint density at radius 1 is 1.13 bits per heavy atom. The number of aromatic nitrogens is 1. The van der Waals surface area contributed by atoms with Crippen LogP contribution in [0, 0.1) is 6.92 Å². The smallest absolute Gasteiger partial charge is 0.181 e. The number of rotatable bonds is 0. The summed E-state index contributed by atoms with van der Waals surface area (Å²) in [6.45, 7) is 10.0. The van der Waals surface area contributed by atoms with Gasteiger partial charge in [0.05, 0.1) is 10.2 Å². The van der Waals surface area contributed by atoms with E-state index < -0.39 is 0 Å². The van der Waals surface area contributed by atoms with E-state index in [-0.39, 0.29) is 0 Å². The molecule has 3 heteroatoms. The first-order valence-electron chi connectivity index (χ1n) is 5.39. The van der Waals surface area contributed by atoms with Gasteiger partial charge in [-0.1, -0.05) is 51.2 Å². The number of benzene rings is 1. The van der Waals surface area contributed by atoms with E-state index >= 15 is 0 Å². The summed E-state index contributed by atoms with van der Waals surface area (Å²) in [5.41, 5.74) is 7.79. The zero-order chi connectivity index (χ0) is 11.8. The second-order valence-corrected chi connectivity index (χ2v) is 3.54. The van der Waals surface area contributed by atoms with E-state index in [4.69, 9.17) is 5.73 Å². The third kappa shape index (κ3) is 3.51. The van der Waals surface area contributed by atoms with Gasteiger partial charge in [0.25, 0.3) is 0 Å². The molecule has 2 nitrogen and oxygen atoms in total. The number of hydrogen-bond donors (Lipinski definition) is 1. The van der Waals surface area contributed by atoms with Gasteiger partial charge in [-0.05, 0) is 18.6 Å². The van der Waals surface area contributed by atoms with Crippen molar-refractivity contribution in [1.29, 1.82) is 0 Å². The van der Waals surface area contributed by atoms with Gasteiger partial charge in [0.1, 0.15) is 0 Å². The highest BCUT2D eigenvalue weighted by Gasteiger charge is 2.01. The van der Waals surface area contributed by atoms with E-state index in [1.807, 2.05) is 52.8 Å². The first-order valence-corrected chi connectivity index (χ1v) is 6.20. The molecule has 0 aliphatic carbocycles. The van der Waals surface area contributed by atoms with Crippen LogP contribution >= 0.6 is 11.3 Å². The molecule has 0 fully saturated rings. The maximum atomic E-state index is 5.57. The van der Waals surface area contributed by atoms with Crippen LogP contribution < -0.4 is 5.73 Å². The van der Waals surface area contributed by atoms with Crippen molar-refractivity contribution in [3.8, 4) is 0 Å². The molecule has 0 spiro atoms. The van der Waals surface area contributed by atoms with Crippen molar-refractivity contribution in [3.05, 3.63) is 23.8 Å². The lowest BCUT2D eigenvalue weighted by atomic mass is 10.2. The minimum Gasteiger partial charge on any atom is -0.375 e. The lowest BCUT2D eigenvalue weighted by molar-refractivity contribution is 1.43. The Morgan fingerprint density at radius 3 is 2.27 bits per heavy atom. The van der Waals surface area contributed by atoms with Crippen LogP contribution in [0.15, 0.2) is 18.2 Å². The molecule has 0 saturated carbocycles. The predicted octanol–water partition coefficient (Wildman–Crippen LogP) is 4.24. The summed E-state index contributed by atoms with van der Waals surface area (Å²) in [6, 6.07) is 6.10. The molecule has 2 N–H and O–H groups in total. The Kier molecular flexibility index (Phi) is 6.71. The minimum atomic E-state index is 0.648. The Hall–Kier alpha value is -1.09. The van der Waals surface area contributed by atoms with Crippen LogP contribution in [0.3, 0.4) is 0 Å². The number of fused-ring (bicyclic) bond motifs is 1. The van der Waals surface area contributed by atoms with Gasteiger partial charge in [-0.25, -0.2) is 4.98 Å². The van der Waals surface area contributed by atoms with Crippen LogP contribution in [0.4, 0.5) is 5.13 Å². The van der Waals surface area contributed by atoms with Crippen molar-refractivity contribution >= 4 is 26.7 Å². The van der Waals surface area contributed by atoms with E-state index in [0.717, 1.165) is 5.52 Å². The van der Waals surface area contributed by atoms with E-state index in [1.54, 1.807) is 0 Å². The third-order valence-corrected chi connectivity index (χ3v) is 2.49. The number of hydrogen-bond acceptors (Lipinski definition) is 3. The zero-order valence-electron chi connectivity index (χ0n) is 10.2. The molecule has 1 aromatic heterocycles. The number of nitrogen functional groups attached to an aromatic ring is 1. The molecule has 2 aromatic rings. The van der Waals surface area contributed by atoms with Crippen LogP contribution in [0.5, 0.6) is 0 Å². The predicted molar refractivity (Wildman–Crippen MR) is 71.5 cm³/mol. The fourth-order valence-corrected chi connectivity index (χ4v) is 1.92. The van der Waals surface area contributed by atoms with Gasteiger partial charge >= 0.3 is 0 Å². The fourth-order valence-electron chi connectivity index (χ4n) is 1.10. The summed E-state index contributed by atoms with van der Waals surface area (Å²) in [6.07, 6.45) is 0. The maximum Gasteiger partial charge on any atom is 0.181 e. The highest BCUT2D eigenvalue weighted by Crippen LogP contribution is 2.25. The van der Waals surface area contributed by atoms with Crippen LogP contribution in [-0.2, 0) is 0 Å². The fraction of sp³-hybridized carbons (Fsp3) is 0.417. The molecule has 0 unspecified atom stereocenters. The number of para-hydroxylation sites is 1. The van der Waals surface area contributed by atoms with Crippen LogP contribution in [0.2, 0.25) is 0 Å². The van der Waals surface area contributed by atoms with Crippen molar-refractivity contribution in [2.45, 2.75) is 34.6 Å². The first-order chi connectivity index (χ1) is 7.27. The lowest BCUT2D eigenvalue weighted by Crippen LogP contribution is -1.80. The third-order valence-electron chi connectivity index (χ3n) is 1.64. The summed E-state index contributed by atoms with van der Waals surface area (Å²) >= 11 is 1.53. The quantitative estimate of drug-likeness (QED) is 0.727. The number of nitrogens with two attached hydrogens (primary N) is 1. The zero-order valence-corrected chi connectivity index (χ0v) is 11.0. The average molecular weight is 224 g/mol. The van der Waals surface area contributed by atoms with Crippen LogP contribution in [-0.4, -0.2) is 4.98 Å². The highest BCUT2D eigenvalue weighted by molar-refractivity contribution is 7.22. The molecule has 0 amide bonds. The van der Waals surface area contributed by atoms with Gasteiger partial charge in [0, 0.05) is 0 Å². The number of nitrogens with zero attached hydrogens (tertiary/aromatic N) is 1. The van der Waals surface area contributed by atoms with Crippen molar-refractivity contribution in [3.63, 3.8) is 0 Å². The van der Waals surface area contributed by atoms with Crippen molar-refractivity contribution in [2.24, 2.45) is 0 Å². The SMILES string of the molecule is CC.CC.Cc1cccc2sc(N)nc12. The van der Waals surface area contributed by atoms with Gasteiger partial charge < -0.3 is 5.73 Å². The molecule has 0 aliphatic rings. The van der Waals surface area contributed by atoms with Gasteiger partial charge in [-0.15, -0.1) is 0 Å². The molecule has 15 heavy (non-hydrogen) atoms. The Bertz CT molecular complexity index is 393. The average Bonchev–Trinajstić information content (AvgIpc) is 2.66. The molecule has 0 saturated heterocycles. The molecule has 0 aliphatic heterocycles. The molecule has 1 aromatic carbocycles. The topological polar surface area (TPSA) is 38.9 Å². The highest BCUT2D eigenvalue weighted by atomic mass is 32.1. The molecular formula is C12H20N2S. The number of thiazole rings is 1. The Labute approximate surface area is 96.1 Å². The first kappa shape index (κ1) is 13.9. The van der Waals surface area contributed by atoms with Gasteiger partial charge in [-0.2, -0.15) is 0 Å². The molecule has 0 radical (unpaired) electrons. The molecule has 2 rings (SSSR count). The van der Waals surface area contributed by atoms with Gasteiger partial charge in [0.2, 0.25) is 0 Å². The molecule has 1 heterocycles. The van der Waals surface area contributed by atoms with E-state index in [1.165, 1.54) is 21.6 Å². The number of anilines is 1. The summed E-state index contributed by atoms with van der Waals surface area (Å²) in [4.78, 5) is 4.21. The molecule has 0 bridgehead atoms. The largest absolute Gasteiger partial charge is 0.375 e. The summed E-state index contributed by atoms with van der Waals surface area (Å²) in [7, 11) is 0.